The van der Waals surface area contributed by atoms with Crippen molar-refractivity contribution in [2.75, 3.05) is 11.9 Å². The number of aromatic nitrogens is 3. The van der Waals surface area contributed by atoms with Gasteiger partial charge >= 0.3 is 5.97 Å². The summed E-state index contributed by atoms with van der Waals surface area (Å²) in [6.45, 7) is 4.75. The van der Waals surface area contributed by atoms with Crippen molar-refractivity contribution in [3.63, 3.8) is 0 Å². The summed E-state index contributed by atoms with van der Waals surface area (Å²) >= 11 is 0. The van der Waals surface area contributed by atoms with Crippen molar-refractivity contribution in [2.45, 2.75) is 20.4 Å². The molecule has 0 aromatic carbocycles. The molecule has 0 aliphatic rings. The molecule has 0 saturated heterocycles. The number of hydrogen-bond donors (Lipinski definition) is 2. The van der Waals surface area contributed by atoms with Crippen LogP contribution in [0.1, 0.15) is 24.2 Å². The van der Waals surface area contributed by atoms with Gasteiger partial charge in [-0.25, -0.2) is 9.78 Å². The average molecular weight is 278 g/mol. The number of nitrogens with one attached hydrogen (secondary N) is 1. The van der Waals surface area contributed by atoms with Crippen LogP contribution in [-0.2, 0) is 6.54 Å². The number of aromatic carboxylic acids is 1. The van der Waals surface area contributed by atoms with E-state index in [-0.39, 0.29) is 16.8 Å². The van der Waals surface area contributed by atoms with Crippen LogP contribution in [0, 0.1) is 5.95 Å². The van der Waals surface area contributed by atoms with Crippen molar-refractivity contribution in [3.05, 3.63) is 29.8 Å². The third-order valence-electron chi connectivity index (χ3n) is 2.83. The predicted octanol–water partition coefficient (Wildman–Crippen LogP) is 2.23. The monoisotopic (exact) mass is 278 g/mol. The van der Waals surface area contributed by atoms with Gasteiger partial charge in [0.05, 0.1) is 17.5 Å². The van der Waals surface area contributed by atoms with Gasteiger partial charge in [0.1, 0.15) is 11.4 Å². The maximum absolute atomic E-state index is 14.1. The zero-order chi connectivity index (χ0) is 14.7. The van der Waals surface area contributed by atoms with Gasteiger partial charge in [-0.15, -0.1) is 0 Å². The van der Waals surface area contributed by atoms with Crippen LogP contribution in [0.25, 0.3) is 11.3 Å². The molecule has 0 amide bonds. The van der Waals surface area contributed by atoms with E-state index in [1.165, 1.54) is 16.9 Å². The number of nitrogens with zero attached hydrogens (tertiary/aromatic N) is 3. The normalized spacial score (nSPS) is 10.6. The number of carboxylic acid groups (broad SMARTS) is 1. The van der Waals surface area contributed by atoms with E-state index in [2.05, 4.69) is 15.4 Å². The minimum Gasteiger partial charge on any atom is -0.478 e. The number of rotatable bonds is 5. The van der Waals surface area contributed by atoms with E-state index >= 15 is 0 Å². The van der Waals surface area contributed by atoms with E-state index in [1.807, 2.05) is 6.92 Å². The van der Waals surface area contributed by atoms with Crippen LogP contribution in [-0.4, -0.2) is 32.4 Å². The van der Waals surface area contributed by atoms with Crippen LogP contribution in [0.2, 0.25) is 0 Å². The Kier molecular flexibility index (Phi) is 3.97. The smallest absolute Gasteiger partial charge is 0.339 e. The van der Waals surface area contributed by atoms with Crippen molar-refractivity contribution in [1.82, 2.24) is 14.8 Å². The molecular weight excluding hydrogens is 263 g/mol. The largest absolute Gasteiger partial charge is 0.478 e. The summed E-state index contributed by atoms with van der Waals surface area (Å²) in [4.78, 5) is 15.0. The average Bonchev–Trinajstić information content (AvgIpc) is 2.83. The number of aryl methyl sites for hydroxylation is 1. The second kappa shape index (κ2) is 5.68. The highest BCUT2D eigenvalue weighted by Gasteiger charge is 2.21. The summed E-state index contributed by atoms with van der Waals surface area (Å²) in [7, 11) is 0. The zero-order valence-corrected chi connectivity index (χ0v) is 11.2. The fourth-order valence-electron chi connectivity index (χ4n) is 1.96. The molecule has 0 spiro atoms. The Bertz CT molecular complexity index is 639. The number of hydrogen-bond acceptors (Lipinski definition) is 4. The van der Waals surface area contributed by atoms with Crippen LogP contribution < -0.4 is 5.32 Å². The Balaban J connectivity index is 2.56. The minimum absolute atomic E-state index is 0.0382. The van der Waals surface area contributed by atoms with Gasteiger partial charge in [-0.05, 0) is 26.0 Å². The fourth-order valence-corrected chi connectivity index (χ4v) is 1.96. The summed E-state index contributed by atoms with van der Waals surface area (Å²) in [6, 6.07) is 3.12. The Morgan fingerprint density at radius 1 is 1.45 bits per heavy atom. The van der Waals surface area contributed by atoms with Crippen molar-refractivity contribution < 1.29 is 14.3 Å². The van der Waals surface area contributed by atoms with Gasteiger partial charge in [0, 0.05) is 13.1 Å². The molecule has 0 bridgehead atoms. The molecule has 2 rings (SSSR count). The summed E-state index contributed by atoms with van der Waals surface area (Å²) < 4.78 is 15.6. The first-order valence-electron chi connectivity index (χ1n) is 6.28. The molecule has 2 heterocycles. The van der Waals surface area contributed by atoms with Gasteiger partial charge in [0.25, 0.3) is 0 Å². The molecule has 2 aromatic rings. The molecule has 2 N–H and O–H groups in total. The van der Waals surface area contributed by atoms with Gasteiger partial charge in [0.15, 0.2) is 0 Å². The predicted molar refractivity (Wildman–Crippen MR) is 72.2 cm³/mol. The summed E-state index contributed by atoms with van der Waals surface area (Å²) in [6.07, 6.45) is 1.22. The molecule has 0 atom stereocenters. The van der Waals surface area contributed by atoms with Gasteiger partial charge in [-0.3, -0.25) is 4.68 Å². The fraction of sp³-hybridized carbons (Fsp3) is 0.308. The van der Waals surface area contributed by atoms with Gasteiger partial charge in [-0.2, -0.15) is 9.49 Å². The molecule has 2 aromatic heterocycles. The van der Waals surface area contributed by atoms with E-state index in [1.54, 1.807) is 13.0 Å². The molecule has 0 fully saturated rings. The lowest BCUT2D eigenvalue weighted by Crippen LogP contribution is -2.06. The molecular formula is C13H15FN4O2. The Morgan fingerprint density at radius 3 is 2.75 bits per heavy atom. The molecule has 0 aliphatic carbocycles. The zero-order valence-electron chi connectivity index (χ0n) is 11.2. The molecule has 7 heteroatoms. The third kappa shape index (κ3) is 2.47. The lowest BCUT2D eigenvalue weighted by Gasteiger charge is -2.09. The van der Waals surface area contributed by atoms with Crippen LogP contribution in [0.15, 0.2) is 18.3 Å². The summed E-state index contributed by atoms with van der Waals surface area (Å²) in [5, 5.41) is 16.0. The first-order chi connectivity index (χ1) is 9.58. The molecule has 0 saturated carbocycles. The Hall–Kier alpha value is -2.44. The van der Waals surface area contributed by atoms with E-state index in [9.17, 15) is 9.18 Å². The van der Waals surface area contributed by atoms with Crippen molar-refractivity contribution >= 4 is 11.8 Å². The summed E-state index contributed by atoms with van der Waals surface area (Å²) in [5.74, 6) is -1.45. The van der Waals surface area contributed by atoms with Crippen LogP contribution in [0.5, 0.6) is 0 Å². The first kappa shape index (κ1) is 14.0. The van der Waals surface area contributed by atoms with Crippen LogP contribution >= 0.6 is 0 Å². The van der Waals surface area contributed by atoms with Crippen molar-refractivity contribution in [1.29, 1.82) is 0 Å². The summed E-state index contributed by atoms with van der Waals surface area (Å²) in [5.41, 5.74) is 0.320. The maximum atomic E-state index is 14.1. The number of halogens is 1. The second-order valence-corrected chi connectivity index (χ2v) is 4.09. The highest BCUT2D eigenvalue weighted by molar-refractivity contribution is 5.94. The molecule has 20 heavy (non-hydrogen) atoms. The first-order valence-corrected chi connectivity index (χ1v) is 6.28. The third-order valence-corrected chi connectivity index (χ3v) is 2.83. The SMILES string of the molecule is CCNc1ccc(-c2c(C(=O)O)cnn2CC)c(F)n1. The molecule has 106 valence electrons. The quantitative estimate of drug-likeness (QED) is 0.820. The van der Waals surface area contributed by atoms with Gasteiger partial charge < -0.3 is 10.4 Å². The van der Waals surface area contributed by atoms with E-state index in [4.69, 9.17) is 5.11 Å². The number of anilines is 1. The maximum Gasteiger partial charge on any atom is 0.339 e. The highest BCUT2D eigenvalue weighted by Crippen LogP contribution is 2.26. The van der Waals surface area contributed by atoms with E-state index in [0.29, 0.717) is 18.9 Å². The van der Waals surface area contributed by atoms with Crippen LogP contribution in [0.4, 0.5) is 10.2 Å². The van der Waals surface area contributed by atoms with Gasteiger partial charge in [-0.1, -0.05) is 0 Å². The topological polar surface area (TPSA) is 80.0 Å². The molecule has 0 unspecified atom stereocenters. The lowest BCUT2D eigenvalue weighted by atomic mass is 10.1. The van der Waals surface area contributed by atoms with Crippen molar-refractivity contribution in [3.8, 4) is 11.3 Å². The lowest BCUT2D eigenvalue weighted by molar-refractivity contribution is 0.0697. The Morgan fingerprint density at radius 2 is 2.20 bits per heavy atom. The van der Waals surface area contributed by atoms with Crippen LogP contribution in [0.3, 0.4) is 0 Å². The molecule has 0 aliphatic heterocycles. The highest BCUT2D eigenvalue weighted by atomic mass is 19.1. The number of carbonyl (C=O) groups is 1. The van der Waals surface area contributed by atoms with Crippen molar-refractivity contribution in [2.24, 2.45) is 0 Å². The second-order valence-electron chi connectivity index (χ2n) is 4.09. The number of carboxylic acids is 1. The minimum atomic E-state index is -1.14. The standard InChI is InChI=1S/C13H15FN4O2/c1-3-15-10-6-5-8(12(14)17-10)11-9(13(19)20)7-16-18(11)4-2/h5-7H,3-4H2,1-2H3,(H,15,17)(H,19,20). The van der Waals surface area contributed by atoms with Gasteiger partial charge in [0.2, 0.25) is 5.95 Å². The number of pyridine rings is 1. The molecule has 6 nitrogen and oxygen atoms in total. The Labute approximate surface area is 115 Å². The van der Waals surface area contributed by atoms with E-state index < -0.39 is 11.9 Å². The van der Waals surface area contributed by atoms with E-state index in [0.717, 1.165) is 0 Å². The molecule has 0 radical (unpaired) electrons.